The van der Waals surface area contributed by atoms with Gasteiger partial charge in [-0.05, 0) is 80.9 Å². The first-order valence-electron chi connectivity index (χ1n) is 8.77. The van der Waals surface area contributed by atoms with E-state index in [0.717, 1.165) is 17.0 Å². The van der Waals surface area contributed by atoms with E-state index in [4.69, 9.17) is 21.7 Å². The molecule has 0 bridgehead atoms. The van der Waals surface area contributed by atoms with Gasteiger partial charge in [-0.15, -0.1) is 0 Å². The highest BCUT2D eigenvalue weighted by Crippen LogP contribution is 2.20. The third-order valence-corrected chi connectivity index (χ3v) is 4.56. The van der Waals surface area contributed by atoms with E-state index in [1.54, 1.807) is 12.1 Å². The van der Waals surface area contributed by atoms with Crippen LogP contribution >= 0.6 is 12.2 Å². The lowest BCUT2D eigenvalue weighted by Gasteiger charge is -2.19. The number of nitrogens with one attached hydrogen (secondary N) is 2. The Bertz CT molecular complexity index is 836. The Labute approximate surface area is 166 Å². The minimum absolute atomic E-state index is 0.00991. The van der Waals surface area contributed by atoms with Crippen molar-refractivity contribution in [3.05, 3.63) is 58.7 Å². The zero-order chi connectivity index (χ0) is 20.0. The topological polar surface area (TPSA) is 59.6 Å². The molecule has 0 saturated carbocycles. The van der Waals surface area contributed by atoms with Crippen LogP contribution in [0, 0.1) is 20.8 Å². The molecule has 0 radical (unpaired) electrons. The quantitative estimate of drug-likeness (QED) is 0.574. The average molecular weight is 387 g/mol. The number of benzene rings is 2. The average Bonchev–Trinajstić information content (AvgIpc) is 2.63. The molecule has 0 aliphatic rings. The molecule has 0 heterocycles. The molecule has 6 heteroatoms. The number of anilines is 1. The van der Waals surface area contributed by atoms with Gasteiger partial charge in [0.05, 0.1) is 18.7 Å². The predicted octanol–water partition coefficient (Wildman–Crippen LogP) is 4.15. The van der Waals surface area contributed by atoms with E-state index in [1.807, 2.05) is 38.1 Å². The third-order valence-electron chi connectivity index (χ3n) is 4.34. The fourth-order valence-electron chi connectivity index (χ4n) is 2.55. The van der Waals surface area contributed by atoms with Crippen LogP contribution in [0.2, 0.25) is 0 Å². The summed E-state index contributed by atoms with van der Waals surface area (Å²) in [6.07, 6.45) is 0. The molecule has 0 aliphatic heterocycles. The first kappa shape index (κ1) is 20.7. The third kappa shape index (κ3) is 5.69. The van der Waals surface area contributed by atoms with Crippen LogP contribution in [0.1, 0.15) is 34.0 Å². The second-order valence-electron chi connectivity index (χ2n) is 6.53. The number of carbonyl (C=O) groups excluding carboxylic acids is 1. The molecule has 1 atom stereocenters. The van der Waals surface area contributed by atoms with Crippen molar-refractivity contribution in [3.63, 3.8) is 0 Å². The SMILES string of the molecule is COC(=O)c1cccc(NC(=S)N[C@H](C)COc2ccc(C)c(C)c2)c1C. The van der Waals surface area contributed by atoms with Crippen molar-refractivity contribution < 1.29 is 14.3 Å². The van der Waals surface area contributed by atoms with Gasteiger partial charge >= 0.3 is 5.97 Å². The number of hydrogen-bond acceptors (Lipinski definition) is 4. The van der Waals surface area contributed by atoms with E-state index >= 15 is 0 Å². The minimum atomic E-state index is -0.370. The Morgan fingerprint density at radius 3 is 2.56 bits per heavy atom. The molecule has 0 amide bonds. The maximum absolute atomic E-state index is 11.8. The van der Waals surface area contributed by atoms with Crippen molar-refractivity contribution >= 4 is 29.0 Å². The molecular weight excluding hydrogens is 360 g/mol. The van der Waals surface area contributed by atoms with Crippen LogP contribution in [-0.2, 0) is 4.74 Å². The van der Waals surface area contributed by atoms with Gasteiger partial charge in [0.15, 0.2) is 5.11 Å². The summed E-state index contributed by atoms with van der Waals surface area (Å²) < 4.78 is 10.6. The van der Waals surface area contributed by atoms with E-state index in [2.05, 4.69) is 24.5 Å². The van der Waals surface area contributed by atoms with Crippen LogP contribution in [0.4, 0.5) is 5.69 Å². The summed E-state index contributed by atoms with van der Waals surface area (Å²) in [5.41, 5.74) is 4.50. The number of methoxy groups -OCH3 is 1. The number of carbonyl (C=O) groups is 1. The van der Waals surface area contributed by atoms with Crippen LogP contribution < -0.4 is 15.4 Å². The van der Waals surface area contributed by atoms with Gasteiger partial charge in [-0.1, -0.05) is 12.1 Å². The summed E-state index contributed by atoms with van der Waals surface area (Å²) >= 11 is 5.38. The van der Waals surface area contributed by atoms with E-state index in [0.29, 0.717) is 17.3 Å². The highest BCUT2D eigenvalue weighted by atomic mass is 32.1. The van der Waals surface area contributed by atoms with Gasteiger partial charge in [0.25, 0.3) is 0 Å². The van der Waals surface area contributed by atoms with Gasteiger partial charge in [-0.2, -0.15) is 0 Å². The van der Waals surface area contributed by atoms with Crippen molar-refractivity contribution in [2.45, 2.75) is 33.7 Å². The van der Waals surface area contributed by atoms with E-state index in [-0.39, 0.29) is 12.0 Å². The van der Waals surface area contributed by atoms with Gasteiger partial charge in [0, 0.05) is 5.69 Å². The Kier molecular flexibility index (Phi) is 7.19. The summed E-state index contributed by atoms with van der Waals surface area (Å²) in [7, 11) is 1.37. The summed E-state index contributed by atoms with van der Waals surface area (Å²) in [4.78, 5) is 11.8. The molecule has 0 aliphatic carbocycles. The standard InChI is InChI=1S/C21H26N2O3S/c1-13-9-10-17(11-14(13)2)26-12-15(3)22-21(27)23-19-8-6-7-18(16(19)4)20(24)25-5/h6-11,15H,12H2,1-5H3,(H2,22,23,27)/t15-/m1/s1. The number of thiocarbonyl (C=S) groups is 1. The maximum Gasteiger partial charge on any atom is 0.338 e. The predicted molar refractivity (Wildman–Crippen MR) is 113 cm³/mol. The van der Waals surface area contributed by atoms with Crippen LogP contribution in [0.3, 0.4) is 0 Å². The first-order valence-corrected chi connectivity index (χ1v) is 9.18. The zero-order valence-corrected chi connectivity index (χ0v) is 17.2. The van der Waals surface area contributed by atoms with E-state index in [1.165, 1.54) is 18.2 Å². The molecule has 2 rings (SSSR count). The molecule has 0 unspecified atom stereocenters. The second kappa shape index (κ2) is 9.37. The fourth-order valence-corrected chi connectivity index (χ4v) is 2.86. The molecule has 0 aromatic heterocycles. The Morgan fingerprint density at radius 2 is 1.89 bits per heavy atom. The lowest BCUT2D eigenvalue weighted by Crippen LogP contribution is -2.39. The highest BCUT2D eigenvalue weighted by molar-refractivity contribution is 7.80. The Balaban J connectivity index is 1.91. The number of hydrogen-bond donors (Lipinski definition) is 2. The molecular formula is C21H26N2O3S. The largest absolute Gasteiger partial charge is 0.491 e. The lowest BCUT2D eigenvalue weighted by molar-refractivity contribution is 0.0600. The Hall–Kier alpha value is -2.60. The summed E-state index contributed by atoms with van der Waals surface area (Å²) in [5, 5.41) is 6.79. The first-order chi connectivity index (χ1) is 12.8. The van der Waals surface area contributed by atoms with Gasteiger partial charge < -0.3 is 20.1 Å². The fraction of sp³-hybridized carbons (Fsp3) is 0.333. The van der Waals surface area contributed by atoms with Gasteiger partial charge in [-0.3, -0.25) is 0 Å². The number of ether oxygens (including phenoxy) is 2. The lowest BCUT2D eigenvalue weighted by atomic mass is 10.1. The molecule has 0 spiro atoms. The monoisotopic (exact) mass is 386 g/mol. The molecule has 0 saturated heterocycles. The number of esters is 1. The summed E-state index contributed by atoms with van der Waals surface area (Å²) in [6, 6.07) is 11.4. The second-order valence-corrected chi connectivity index (χ2v) is 6.93. The summed E-state index contributed by atoms with van der Waals surface area (Å²) in [5.74, 6) is 0.470. The van der Waals surface area contributed by atoms with Crippen LogP contribution in [-0.4, -0.2) is 30.8 Å². The molecule has 5 nitrogen and oxygen atoms in total. The molecule has 2 aromatic rings. The molecule has 0 fully saturated rings. The maximum atomic E-state index is 11.8. The molecule has 2 aromatic carbocycles. The van der Waals surface area contributed by atoms with Crippen LogP contribution in [0.15, 0.2) is 36.4 Å². The normalized spacial score (nSPS) is 11.4. The van der Waals surface area contributed by atoms with E-state index in [9.17, 15) is 4.79 Å². The van der Waals surface area contributed by atoms with Crippen molar-refractivity contribution in [1.82, 2.24) is 5.32 Å². The van der Waals surface area contributed by atoms with Crippen LogP contribution in [0.5, 0.6) is 5.75 Å². The molecule has 27 heavy (non-hydrogen) atoms. The van der Waals surface area contributed by atoms with Crippen LogP contribution in [0.25, 0.3) is 0 Å². The van der Waals surface area contributed by atoms with Crippen molar-refractivity contribution in [2.75, 3.05) is 19.0 Å². The van der Waals surface area contributed by atoms with Crippen molar-refractivity contribution in [1.29, 1.82) is 0 Å². The van der Waals surface area contributed by atoms with Crippen molar-refractivity contribution in [3.8, 4) is 5.75 Å². The van der Waals surface area contributed by atoms with E-state index < -0.39 is 0 Å². The van der Waals surface area contributed by atoms with Gasteiger partial charge in [0.1, 0.15) is 12.4 Å². The molecule has 144 valence electrons. The highest BCUT2D eigenvalue weighted by Gasteiger charge is 2.13. The number of aryl methyl sites for hydroxylation is 2. The minimum Gasteiger partial charge on any atom is -0.491 e. The van der Waals surface area contributed by atoms with Gasteiger partial charge in [0.2, 0.25) is 0 Å². The molecule has 2 N–H and O–H groups in total. The Morgan fingerprint density at radius 1 is 1.15 bits per heavy atom. The van der Waals surface area contributed by atoms with Crippen molar-refractivity contribution in [2.24, 2.45) is 0 Å². The van der Waals surface area contributed by atoms with Gasteiger partial charge in [-0.25, -0.2) is 4.79 Å². The smallest absolute Gasteiger partial charge is 0.338 e. The zero-order valence-electron chi connectivity index (χ0n) is 16.4. The summed E-state index contributed by atoms with van der Waals surface area (Å²) in [6.45, 7) is 8.46. The number of rotatable bonds is 6.